The van der Waals surface area contributed by atoms with Gasteiger partial charge in [-0.25, -0.2) is 0 Å². The van der Waals surface area contributed by atoms with Crippen molar-refractivity contribution in [1.82, 2.24) is 9.97 Å². The fourth-order valence-electron chi connectivity index (χ4n) is 1.24. The molecule has 66 valence electrons. The summed E-state index contributed by atoms with van der Waals surface area (Å²) in [4.78, 5) is 17.8. The van der Waals surface area contributed by atoms with Crippen molar-refractivity contribution in [2.75, 3.05) is 0 Å². The smallest absolute Gasteiger partial charge is 0.257 e. The van der Waals surface area contributed by atoms with Crippen molar-refractivity contribution in [2.45, 2.75) is 6.61 Å². The SMILES string of the molecule is O=c1[nH]c(CO)cc2ccncc12. The van der Waals surface area contributed by atoms with Gasteiger partial charge in [0.1, 0.15) is 0 Å². The molecular weight excluding hydrogens is 168 g/mol. The van der Waals surface area contributed by atoms with E-state index in [2.05, 4.69) is 9.97 Å². The largest absolute Gasteiger partial charge is 0.390 e. The van der Waals surface area contributed by atoms with E-state index in [9.17, 15) is 4.79 Å². The number of nitrogens with zero attached hydrogens (tertiary/aromatic N) is 1. The van der Waals surface area contributed by atoms with Crippen molar-refractivity contribution < 1.29 is 5.11 Å². The van der Waals surface area contributed by atoms with Crippen LogP contribution >= 0.6 is 0 Å². The Kier molecular flexibility index (Phi) is 1.83. The highest BCUT2D eigenvalue weighted by atomic mass is 16.3. The highest BCUT2D eigenvalue weighted by Gasteiger charge is 1.99. The average Bonchev–Trinajstić information content (AvgIpc) is 2.18. The first-order valence-corrected chi connectivity index (χ1v) is 3.88. The molecular formula is C9H8N2O2. The fraction of sp³-hybridized carbons (Fsp3) is 0.111. The van der Waals surface area contributed by atoms with Gasteiger partial charge in [-0.15, -0.1) is 0 Å². The number of aliphatic hydroxyl groups is 1. The summed E-state index contributed by atoms with van der Waals surface area (Å²) in [7, 11) is 0. The molecule has 0 fully saturated rings. The summed E-state index contributed by atoms with van der Waals surface area (Å²) >= 11 is 0. The van der Waals surface area contributed by atoms with Gasteiger partial charge in [0.05, 0.1) is 12.0 Å². The van der Waals surface area contributed by atoms with Crippen LogP contribution in [0.5, 0.6) is 0 Å². The van der Waals surface area contributed by atoms with Gasteiger partial charge in [-0.1, -0.05) is 0 Å². The van der Waals surface area contributed by atoms with Crippen LogP contribution in [0.1, 0.15) is 5.69 Å². The maximum Gasteiger partial charge on any atom is 0.257 e. The van der Waals surface area contributed by atoms with Gasteiger partial charge in [0.2, 0.25) is 0 Å². The molecule has 2 aromatic rings. The normalized spacial score (nSPS) is 10.5. The van der Waals surface area contributed by atoms with Gasteiger partial charge in [-0.3, -0.25) is 9.78 Å². The molecule has 2 aromatic heterocycles. The van der Waals surface area contributed by atoms with Crippen LogP contribution in [0, 0.1) is 0 Å². The molecule has 0 radical (unpaired) electrons. The molecule has 0 atom stereocenters. The number of aromatic nitrogens is 2. The van der Waals surface area contributed by atoms with Crippen molar-refractivity contribution in [3.05, 3.63) is 40.6 Å². The lowest BCUT2D eigenvalue weighted by atomic mass is 10.2. The van der Waals surface area contributed by atoms with E-state index in [-0.39, 0.29) is 12.2 Å². The maximum absolute atomic E-state index is 11.4. The predicted molar refractivity (Wildman–Crippen MR) is 48.3 cm³/mol. The summed E-state index contributed by atoms with van der Waals surface area (Å²) in [6.07, 6.45) is 3.12. The number of hydrogen-bond acceptors (Lipinski definition) is 3. The first kappa shape index (κ1) is 7.94. The summed E-state index contributed by atoms with van der Waals surface area (Å²) in [5.74, 6) is 0. The Hall–Kier alpha value is -1.68. The Morgan fingerprint density at radius 3 is 3.15 bits per heavy atom. The van der Waals surface area contributed by atoms with Crippen LogP contribution in [-0.2, 0) is 6.61 Å². The van der Waals surface area contributed by atoms with Gasteiger partial charge in [0, 0.05) is 18.1 Å². The Morgan fingerprint density at radius 1 is 1.54 bits per heavy atom. The molecule has 2 heterocycles. The summed E-state index contributed by atoms with van der Waals surface area (Å²) in [6.45, 7) is -0.159. The zero-order valence-corrected chi connectivity index (χ0v) is 6.82. The number of aliphatic hydroxyl groups excluding tert-OH is 1. The number of nitrogens with one attached hydrogen (secondary N) is 1. The van der Waals surface area contributed by atoms with Crippen molar-refractivity contribution in [1.29, 1.82) is 0 Å². The molecule has 0 aliphatic carbocycles. The minimum absolute atomic E-state index is 0.159. The average molecular weight is 176 g/mol. The predicted octanol–water partition coefficient (Wildman–Crippen LogP) is 0.415. The van der Waals surface area contributed by atoms with E-state index in [1.807, 2.05) is 0 Å². The van der Waals surface area contributed by atoms with Gasteiger partial charge in [-0.2, -0.15) is 0 Å². The van der Waals surface area contributed by atoms with Gasteiger partial charge in [0.25, 0.3) is 5.56 Å². The lowest BCUT2D eigenvalue weighted by molar-refractivity contribution is 0.277. The number of hydrogen-bond donors (Lipinski definition) is 2. The summed E-state index contributed by atoms with van der Waals surface area (Å²) in [5, 5.41) is 10.2. The first-order valence-electron chi connectivity index (χ1n) is 3.88. The Bertz CT molecular complexity index is 490. The zero-order chi connectivity index (χ0) is 9.26. The Morgan fingerprint density at radius 2 is 2.38 bits per heavy atom. The second-order valence-electron chi connectivity index (χ2n) is 2.74. The molecule has 0 saturated heterocycles. The summed E-state index contributed by atoms with van der Waals surface area (Å²) in [5.41, 5.74) is 0.304. The number of aromatic amines is 1. The summed E-state index contributed by atoms with van der Waals surface area (Å²) in [6, 6.07) is 3.47. The molecule has 0 bridgehead atoms. The molecule has 2 N–H and O–H groups in total. The van der Waals surface area contributed by atoms with Crippen LogP contribution in [0.2, 0.25) is 0 Å². The molecule has 2 rings (SSSR count). The van der Waals surface area contributed by atoms with Gasteiger partial charge < -0.3 is 10.1 Å². The quantitative estimate of drug-likeness (QED) is 0.661. The van der Waals surface area contributed by atoms with Crippen LogP contribution in [0.4, 0.5) is 0 Å². The lowest BCUT2D eigenvalue weighted by Crippen LogP contribution is -2.09. The number of fused-ring (bicyclic) bond motifs is 1. The topological polar surface area (TPSA) is 66.0 Å². The van der Waals surface area contributed by atoms with Crippen molar-refractivity contribution in [2.24, 2.45) is 0 Å². The molecule has 0 unspecified atom stereocenters. The number of pyridine rings is 2. The number of H-pyrrole nitrogens is 1. The standard InChI is InChI=1S/C9H8N2O2/c12-5-7-3-6-1-2-10-4-8(6)9(13)11-7/h1-4,12H,5H2,(H,11,13). The van der Waals surface area contributed by atoms with Crippen LogP contribution < -0.4 is 5.56 Å². The summed E-state index contributed by atoms with van der Waals surface area (Å²) < 4.78 is 0. The number of rotatable bonds is 1. The molecule has 0 amide bonds. The zero-order valence-electron chi connectivity index (χ0n) is 6.82. The van der Waals surface area contributed by atoms with E-state index in [0.717, 1.165) is 5.39 Å². The molecule has 0 spiro atoms. The van der Waals surface area contributed by atoms with E-state index < -0.39 is 0 Å². The maximum atomic E-state index is 11.4. The highest BCUT2D eigenvalue weighted by Crippen LogP contribution is 2.07. The van der Waals surface area contributed by atoms with E-state index in [1.54, 1.807) is 18.3 Å². The van der Waals surface area contributed by atoms with Gasteiger partial charge in [-0.05, 0) is 17.5 Å². The monoisotopic (exact) mass is 176 g/mol. The second-order valence-corrected chi connectivity index (χ2v) is 2.74. The third-order valence-corrected chi connectivity index (χ3v) is 1.87. The minimum atomic E-state index is -0.213. The van der Waals surface area contributed by atoms with Crippen LogP contribution in [-0.4, -0.2) is 15.1 Å². The van der Waals surface area contributed by atoms with E-state index >= 15 is 0 Å². The molecule has 13 heavy (non-hydrogen) atoms. The van der Waals surface area contributed by atoms with Gasteiger partial charge in [0.15, 0.2) is 0 Å². The van der Waals surface area contributed by atoms with Crippen molar-refractivity contribution >= 4 is 10.8 Å². The Balaban J connectivity index is 2.85. The molecule has 0 aromatic carbocycles. The van der Waals surface area contributed by atoms with E-state index in [1.165, 1.54) is 6.20 Å². The van der Waals surface area contributed by atoms with Crippen LogP contribution in [0.25, 0.3) is 10.8 Å². The highest BCUT2D eigenvalue weighted by molar-refractivity contribution is 5.80. The molecule has 0 saturated carbocycles. The van der Waals surface area contributed by atoms with Crippen molar-refractivity contribution in [3.63, 3.8) is 0 Å². The van der Waals surface area contributed by atoms with Crippen LogP contribution in [0.3, 0.4) is 0 Å². The minimum Gasteiger partial charge on any atom is -0.390 e. The molecule has 0 aliphatic rings. The second kappa shape index (κ2) is 2.99. The van der Waals surface area contributed by atoms with Gasteiger partial charge >= 0.3 is 0 Å². The molecule has 4 heteroatoms. The third kappa shape index (κ3) is 1.31. The Labute approximate surface area is 73.9 Å². The third-order valence-electron chi connectivity index (χ3n) is 1.87. The lowest BCUT2D eigenvalue weighted by Gasteiger charge is -1.98. The molecule has 4 nitrogen and oxygen atoms in total. The van der Waals surface area contributed by atoms with E-state index in [0.29, 0.717) is 11.1 Å². The van der Waals surface area contributed by atoms with Crippen molar-refractivity contribution in [3.8, 4) is 0 Å². The van der Waals surface area contributed by atoms with Crippen LogP contribution in [0.15, 0.2) is 29.3 Å². The van der Waals surface area contributed by atoms with E-state index in [4.69, 9.17) is 5.11 Å². The fourth-order valence-corrected chi connectivity index (χ4v) is 1.24. The first-order chi connectivity index (χ1) is 6.31. The molecule has 0 aliphatic heterocycles.